The summed E-state index contributed by atoms with van der Waals surface area (Å²) in [6, 6.07) is 14.4. The maximum Gasteiger partial charge on any atom is 0.276 e. The Hall–Kier alpha value is -2.90. The second-order valence-electron chi connectivity index (χ2n) is 5.45. The summed E-state index contributed by atoms with van der Waals surface area (Å²) in [5.41, 5.74) is 6.56. The van der Waals surface area contributed by atoms with Gasteiger partial charge in [0.1, 0.15) is 5.75 Å². The number of carbonyl (C=O) groups excluding carboxylic acids is 2. The van der Waals surface area contributed by atoms with E-state index in [1.54, 1.807) is 36.4 Å². The molecule has 0 aliphatic heterocycles. The number of rotatable bonds is 5. The van der Waals surface area contributed by atoms with E-state index in [4.69, 9.17) is 28.6 Å². The van der Waals surface area contributed by atoms with E-state index >= 15 is 0 Å². The summed E-state index contributed by atoms with van der Waals surface area (Å²) in [4.78, 5) is 23.5. The van der Waals surface area contributed by atoms with Crippen LogP contribution in [0.2, 0.25) is 5.02 Å². The fraction of sp³-hybridized carbons (Fsp3) is 0.105. The summed E-state index contributed by atoms with van der Waals surface area (Å²) in [7, 11) is 0. The van der Waals surface area contributed by atoms with E-state index < -0.39 is 11.8 Å². The van der Waals surface area contributed by atoms with Crippen molar-refractivity contribution in [1.82, 2.24) is 16.2 Å². The van der Waals surface area contributed by atoms with Gasteiger partial charge in [-0.1, -0.05) is 47.5 Å². The molecule has 0 aromatic heterocycles. The minimum atomic E-state index is -0.461. The lowest BCUT2D eigenvalue weighted by Crippen LogP contribution is -2.49. The maximum atomic E-state index is 11.8. The normalized spacial score (nSPS) is 10.3. The smallest absolute Gasteiger partial charge is 0.276 e. The van der Waals surface area contributed by atoms with Crippen molar-refractivity contribution >= 4 is 46.8 Å². The zero-order valence-electron chi connectivity index (χ0n) is 14.5. The first kappa shape index (κ1) is 20.4. The molecule has 0 spiro atoms. The number of carbonyl (C=O) groups is 2. The number of hydrazine groups is 1. The molecule has 0 unspecified atom stereocenters. The monoisotopic (exact) mass is 403 g/mol. The van der Waals surface area contributed by atoms with Crippen LogP contribution in [0, 0.1) is 6.92 Å². The third-order valence-corrected chi connectivity index (χ3v) is 3.81. The molecule has 2 aromatic carbocycles. The highest BCUT2D eigenvalue weighted by molar-refractivity contribution is 7.80. The number of benzene rings is 2. The van der Waals surface area contributed by atoms with E-state index in [-0.39, 0.29) is 11.7 Å². The Morgan fingerprint density at radius 3 is 2.52 bits per heavy atom. The van der Waals surface area contributed by atoms with Gasteiger partial charge in [-0.15, -0.1) is 0 Å². The van der Waals surface area contributed by atoms with Gasteiger partial charge >= 0.3 is 0 Å². The van der Waals surface area contributed by atoms with Gasteiger partial charge in [-0.05, 0) is 49.0 Å². The van der Waals surface area contributed by atoms with Crippen LogP contribution >= 0.6 is 23.8 Å². The van der Waals surface area contributed by atoms with E-state index in [9.17, 15) is 9.59 Å². The van der Waals surface area contributed by atoms with Crippen molar-refractivity contribution in [2.24, 2.45) is 0 Å². The molecule has 0 aliphatic rings. The molecule has 0 fully saturated rings. The largest absolute Gasteiger partial charge is 0.484 e. The number of nitrogens with one attached hydrogen (secondary N) is 3. The Kier molecular flexibility index (Phi) is 7.79. The zero-order chi connectivity index (χ0) is 19.6. The number of amides is 2. The summed E-state index contributed by atoms with van der Waals surface area (Å²) in [5, 5.41) is 2.88. The third kappa shape index (κ3) is 7.47. The molecule has 0 heterocycles. The molecule has 0 aliphatic carbocycles. The van der Waals surface area contributed by atoms with Gasteiger partial charge in [-0.25, -0.2) is 0 Å². The Morgan fingerprint density at radius 2 is 1.81 bits per heavy atom. The highest BCUT2D eigenvalue weighted by Gasteiger charge is 2.05. The van der Waals surface area contributed by atoms with Crippen molar-refractivity contribution in [2.45, 2.75) is 6.92 Å². The number of hydrogen-bond donors (Lipinski definition) is 3. The number of halogens is 1. The molecule has 140 valence electrons. The molecule has 27 heavy (non-hydrogen) atoms. The molecule has 3 N–H and O–H groups in total. The SMILES string of the molecule is Cc1ccc(OCC(=O)NNC(=S)NC(=O)/C=C/c2ccccc2Cl)cc1. The highest BCUT2D eigenvalue weighted by atomic mass is 35.5. The Labute approximate surface area is 167 Å². The number of aryl methyl sites for hydroxylation is 1. The summed E-state index contributed by atoms with van der Waals surface area (Å²) < 4.78 is 5.33. The van der Waals surface area contributed by atoms with Gasteiger partial charge in [0.2, 0.25) is 5.91 Å². The fourth-order valence-corrected chi connectivity index (χ4v) is 2.26. The van der Waals surface area contributed by atoms with Crippen LogP contribution in [0.25, 0.3) is 6.08 Å². The molecule has 0 saturated heterocycles. The maximum absolute atomic E-state index is 11.8. The average molecular weight is 404 g/mol. The van der Waals surface area contributed by atoms with E-state index in [0.29, 0.717) is 16.3 Å². The molecule has 0 saturated carbocycles. The van der Waals surface area contributed by atoms with Gasteiger partial charge < -0.3 is 4.74 Å². The fourth-order valence-electron chi connectivity index (χ4n) is 1.91. The number of ether oxygens (including phenoxy) is 1. The minimum absolute atomic E-state index is 0.0486. The lowest BCUT2D eigenvalue weighted by atomic mass is 10.2. The Morgan fingerprint density at radius 1 is 1.11 bits per heavy atom. The number of hydrogen-bond acceptors (Lipinski definition) is 4. The lowest BCUT2D eigenvalue weighted by molar-refractivity contribution is -0.123. The van der Waals surface area contributed by atoms with Gasteiger partial charge in [-0.3, -0.25) is 25.8 Å². The van der Waals surface area contributed by atoms with Crippen molar-refractivity contribution < 1.29 is 14.3 Å². The van der Waals surface area contributed by atoms with Crippen molar-refractivity contribution in [1.29, 1.82) is 0 Å². The molecular formula is C19H18ClN3O3S. The predicted molar refractivity (Wildman–Crippen MR) is 109 cm³/mol. The second-order valence-corrected chi connectivity index (χ2v) is 6.26. The second kappa shape index (κ2) is 10.3. The predicted octanol–water partition coefficient (Wildman–Crippen LogP) is 2.76. The summed E-state index contributed by atoms with van der Waals surface area (Å²) in [6.45, 7) is 1.76. The first-order chi connectivity index (χ1) is 12.9. The molecule has 0 atom stereocenters. The standard InChI is InChI=1S/C19H18ClN3O3S/c1-13-6-9-15(10-7-13)26-12-18(25)22-23-19(27)21-17(24)11-8-14-4-2-3-5-16(14)20/h2-11H,12H2,1H3,(H,22,25)(H2,21,23,24,27)/b11-8+. The first-order valence-electron chi connectivity index (χ1n) is 7.96. The van der Waals surface area contributed by atoms with E-state index in [1.807, 2.05) is 25.1 Å². The van der Waals surface area contributed by atoms with Gasteiger partial charge in [0.05, 0.1) is 0 Å². The van der Waals surface area contributed by atoms with Crippen LogP contribution in [0.5, 0.6) is 5.75 Å². The Balaban J connectivity index is 1.70. The van der Waals surface area contributed by atoms with Gasteiger partial charge in [-0.2, -0.15) is 0 Å². The highest BCUT2D eigenvalue weighted by Crippen LogP contribution is 2.16. The third-order valence-electron chi connectivity index (χ3n) is 3.26. The quantitative estimate of drug-likeness (QED) is 0.406. The van der Waals surface area contributed by atoms with Crippen LogP contribution in [0.4, 0.5) is 0 Å². The van der Waals surface area contributed by atoms with Crippen molar-refractivity contribution in [3.8, 4) is 5.75 Å². The lowest BCUT2D eigenvalue weighted by Gasteiger charge is -2.10. The van der Waals surface area contributed by atoms with Crippen LogP contribution in [-0.4, -0.2) is 23.5 Å². The summed E-state index contributed by atoms with van der Waals surface area (Å²) in [6.07, 6.45) is 2.85. The first-order valence-corrected chi connectivity index (χ1v) is 8.74. The van der Waals surface area contributed by atoms with Gasteiger partial charge in [0.15, 0.2) is 11.7 Å². The van der Waals surface area contributed by atoms with Crippen molar-refractivity contribution in [2.75, 3.05) is 6.61 Å². The topological polar surface area (TPSA) is 79.5 Å². The summed E-state index contributed by atoms with van der Waals surface area (Å²) >= 11 is 10.9. The zero-order valence-corrected chi connectivity index (χ0v) is 16.1. The Bertz CT molecular complexity index is 854. The van der Waals surface area contributed by atoms with Crippen LogP contribution in [-0.2, 0) is 9.59 Å². The van der Waals surface area contributed by atoms with E-state index in [2.05, 4.69) is 16.2 Å². The molecule has 2 amide bonds. The molecule has 6 nitrogen and oxygen atoms in total. The van der Waals surface area contributed by atoms with E-state index in [1.165, 1.54) is 6.08 Å². The van der Waals surface area contributed by atoms with Crippen molar-refractivity contribution in [3.63, 3.8) is 0 Å². The van der Waals surface area contributed by atoms with Crippen molar-refractivity contribution in [3.05, 3.63) is 70.8 Å². The molecule has 0 radical (unpaired) electrons. The van der Waals surface area contributed by atoms with Gasteiger partial charge in [0.25, 0.3) is 5.91 Å². The molecular weight excluding hydrogens is 386 g/mol. The van der Waals surface area contributed by atoms with Crippen LogP contribution in [0.3, 0.4) is 0 Å². The van der Waals surface area contributed by atoms with Crippen LogP contribution in [0.15, 0.2) is 54.6 Å². The summed E-state index contributed by atoms with van der Waals surface area (Å²) in [5.74, 6) is -0.326. The minimum Gasteiger partial charge on any atom is -0.484 e. The average Bonchev–Trinajstić information content (AvgIpc) is 2.65. The van der Waals surface area contributed by atoms with Crippen LogP contribution in [0.1, 0.15) is 11.1 Å². The van der Waals surface area contributed by atoms with Gasteiger partial charge in [0, 0.05) is 11.1 Å². The van der Waals surface area contributed by atoms with Crippen LogP contribution < -0.4 is 20.9 Å². The number of thiocarbonyl (C=S) groups is 1. The molecule has 2 rings (SSSR count). The molecule has 2 aromatic rings. The molecule has 8 heteroatoms. The molecule has 0 bridgehead atoms. The van der Waals surface area contributed by atoms with E-state index in [0.717, 1.165) is 5.56 Å².